The highest BCUT2D eigenvalue weighted by Crippen LogP contribution is 2.17. The van der Waals surface area contributed by atoms with Gasteiger partial charge in [0, 0.05) is 14.1 Å². The first kappa shape index (κ1) is 12.3. The van der Waals surface area contributed by atoms with Crippen LogP contribution in [0.4, 0.5) is 0 Å². The summed E-state index contributed by atoms with van der Waals surface area (Å²) in [6.45, 7) is 4.02. The Kier molecular flexibility index (Phi) is 3.14. The van der Waals surface area contributed by atoms with Crippen LogP contribution in [0.25, 0.3) is 5.69 Å². The standard InChI is InChI=1S/C13H16N4O/c1-9-6-5-7-10(2)12(9)17-8-11(14-15-17)13(18)16(3)4/h5-8H,1-4H3. The molecule has 0 atom stereocenters. The summed E-state index contributed by atoms with van der Waals surface area (Å²) in [6, 6.07) is 6.02. The molecule has 0 saturated carbocycles. The Labute approximate surface area is 106 Å². The molecule has 0 N–H and O–H groups in total. The van der Waals surface area contributed by atoms with Gasteiger partial charge in [0.1, 0.15) is 0 Å². The highest BCUT2D eigenvalue weighted by molar-refractivity contribution is 5.91. The SMILES string of the molecule is Cc1cccc(C)c1-n1cc(C(=O)N(C)C)nn1. The van der Waals surface area contributed by atoms with Crippen molar-refractivity contribution in [3.63, 3.8) is 0 Å². The zero-order chi connectivity index (χ0) is 13.3. The zero-order valence-electron chi connectivity index (χ0n) is 11.0. The molecule has 5 nitrogen and oxygen atoms in total. The lowest BCUT2D eigenvalue weighted by molar-refractivity contribution is 0.0822. The van der Waals surface area contributed by atoms with Crippen molar-refractivity contribution in [2.45, 2.75) is 13.8 Å². The summed E-state index contributed by atoms with van der Waals surface area (Å²) in [6.07, 6.45) is 1.66. The van der Waals surface area contributed by atoms with E-state index in [2.05, 4.69) is 10.3 Å². The minimum atomic E-state index is -0.146. The molecule has 0 aliphatic heterocycles. The molecule has 0 spiro atoms. The summed E-state index contributed by atoms with van der Waals surface area (Å²) in [5, 5.41) is 7.95. The zero-order valence-corrected chi connectivity index (χ0v) is 11.0. The van der Waals surface area contributed by atoms with Crippen LogP contribution in [0.1, 0.15) is 21.6 Å². The Bertz CT molecular complexity index is 566. The molecule has 5 heteroatoms. The number of carbonyl (C=O) groups excluding carboxylic acids is 1. The van der Waals surface area contributed by atoms with Gasteiger partial charge in [0.05, 0.1) is 11.9 Å². The normalized spacial score (nSPS) is 10.4. The molecule has 0 unspecified atom stereocenters. The van der Waals surface area contributed by atoms with Crippen LogP contribution in [0.5, 0.6) is 0 Å². The van der Waals surface area contributed by atoms with Crippen molar-refractivity contribution in [1.29, 1.82) is 0 Å². The fourth-order valence-electron chi connectivity index (χ4n) is 1.87. The van der Waals surface area contributed by atoms with Crippen LogP contribution in [0.2, 0.25) is 0 Å². The topological polar surface area (TPSA) is 51.0 Å². The molecule has 0 radical (unpaired) electrons. The molecule has 0 bridgehead atoms. The Hall–Kier alpha value is -2.17. The van der Waals surface area contributed by atoms with Crippen LogP contribution in [0.3, 0.4) is 0 Å². The predicted octanol–water partition coefficient (Wildman–Crippen LogP) is 1.59. The van der Waals surface area contributed by atoms with Crippen LogP contribution < -0.4 is 0 Å². The number of benzene rings is 1. The number of para-hydroxylation sites is 1. The quantitative estimate of drug-likeness (QED) is 0.806. The summed E-state index contributed by atoms with van der Waals surface area (Å²) in [5.74, 6) is -0.146. The van der Waals surface area contributed by atoms with E-state index in [1.54, 1.807) is 25.0 Å². The second-order valence-corrected chi connectivity index (χ2v) is 4.49. The molecule has 2 aromatic rings. The minimum Gasteiger partial charge on any atom is -0.343 e. The maximum Gasteiger partial charge on any atom is 0.275 e. The average Bonchev–Trinajstić information content (AvgIpc) is 2.77. The van der Waals surface area contributed by atoms with Crippen molar-refractivity contribution < 1.29 is 4.79 Å². The van der Waals surface area contributed by atoms with Gasteiger partial charge in [-0.1, -0.05) is 23.4 Å². The van der Waals surface area contributed by atoms with Gasteiger partial charge < -0.3 is 4.90 Å². The first-order valence-corrected chi connectivity index (χ1v) is 5.71. The van der Waals surface area contributed by atoms with Crippen LogP contribution in [0.15, 0.2) is 24.4 Å². The van der Waals surface area contributed by atoms with Crippen molar-refractivity contribution in [3.8, 4) is 5.69 Å². The van der Waals surface area contributed by atoms with E-state index in [1.165, 1.54) is 4.90 Å². The Morgan fingerprint density at radius 2 is 1.83 bits per heavy atom. The van der Waals surface area contributed by atoms with E-state index >= 15 is 0 Å². The number of nitrogens with zero attached hydrogens (tertiary/aromatic N) is 4. The summed E-state index contributed by atoms with van der Waals surface area (Å²) in [5.41, 5.74) is 3.53. The highest BCUT2D eigenvalue weighted by atomic mass is 16.2. The van der Waals surface area contributed by atoms with Gasteiger partial charge in [0.2, 0.25) is 0 Å². The van der Waals surface area contributed by atoms with Gasteiger partial charge in [-0.2, -0.15) is 0 Å². The second-order valence-electron chi connectivity index (χ2n) is 4.49. The monoisotopic (exact) mass is 244 g/mol. The first-order chi connectivity index (χ1) is 8.50. The van der Waals surface area contributed by atoms with Gasteiger partial charge in [-0.3, -0.25) is 4.79 Å². The lowest BCUT2D eigenvalue weighted by Crippen LogP contribution is -2.21. The molecule has 1 aromatic heterocycles. The maximum atomic E-state index is 11.8. The van der Waals surface area contributed by atoms with Crippen molar-refractivity contribution in [2.24, 2.45) is 0 Å². The molecule has 0 saturated heterocycles. The summed E-state index contributed by atoms with van der Waals surface area (Å²) >= 11 is 0. The van der Waals surface area contributed by atoms with E-state index in [9.17, 15) is 4.79 Å². The number of carbonyl (C=O) groups is 1. The van der Waals surface area contributed by atoms with Gasteiger partial charge in [0.15, 0.2) is 5.69 Å². The van der Waals surface area contributed by atoms with E-state index in [4.69, 9.17) is 0 Å². The van der Waals surface area contributed by atoms with Crippen LogP contribution in [0, 0.1) is 13.8 Å². The summed E-state index contributed by atoms with van der Waals surface area (Å²) in [4.78, 5) is 13.3. The van der Waals surface area contributed by atoms with Gasteiger partial charge in [-0.05, 0) is 25.0 Å². The molecule has 1 aromatic carbocycles. The molecule has 94 valence electrons. The van der Waals surface area contributed by atoms with Gasteiger partial charge in [0.25, 0.3) is 5.91 Å². The predicted molar refractivity (Wildman–Crippen MR) is 68.9 cm³/mol. The molecule has 0 aliphatic rings. The van der Waals surface area contributed by atoms with Crippen LogP contribution in [-0.4, -0.2) is 39.9 Å². The molecule has 0 fully saturated rings. The van der Waals surface area contributed by atoms with E-state index in [0.29, 0.717) is 5.69 Å². The number of hydrogen-bond donors (Lipinski definition) is 0. The van der Waals surface area contributed by atoms with E-state index in [-0.39, 0.29) is 5.91 Å². The van der Waals surface area contributed by atoms with Gasteiger partial charge in [-0.15, -0.1) is 5.10 Å². The Balaban J connectivity index is 2.45. The number of hydrogen-bond acceptors (Lipinski definition) is 3. The Morgan fingerprint density at radius 1 is 1.22 bits per heavy atom. The molecule has 18 heavy (non-hydrogen) atoms. The summed E-state index contributed by atoms with van der Waals surface area (Å²) < 4.78 is 1.65. The second kappa shape index (κ2) is 4.60. The van der Waals surface area contributed by atoms with E-state index in [0.717, 1.165) is 16.8 Å². The molecule has 2 rings (SSSR count). The maximum absolute atomic E-state index is 11.8. The van der Waals surface area contributed by atoms with Crippen molar-refractivity contribution >= 4 is 5.91 Å². The smallest absolute Gasteiger partial charge is 0.275 e. The lowest BCUT2D eigenvalue weighted by atomic mass is 10.1. The third-order valence-electron chi connectivity index (χ3n) is 2.79. The molecular weight excluding hydrogens is 228 g/mol. The number of rotatable bonds is 2. The van der Waals surface area contributed by atoms with E-state index < -0.39 is 0 Å². The average molecular weight is 244 g/mol. The number of aromatic nitrogens is 3. The largest absolute Gasteiger partial charge is 0.343 e. The fourth-order valence-corrected chi connectivity index (χ4v) is 1.87. The number of aryl methyl sites for hydroxylation is 2. The molecule has 1 amide bonds. The van der Waals surface area contributed by atoms with Crippen LogP contribution >= 0.6 is 0 Å². The number of amides is 1. The molecular formula is C13H16N4O. The third kappa shape index (κ3) is 2.11. The van der Waals surface area contributed by atoms with Crippen molar-refractivity contribution in [3.05, 3.63) is 41.2 Å². The summed E-state index contributed by atoms with van der Waals surface area (Å²) in [7, 11) is 3.39. The molecule has 0 aliphatic carbocycles. The van der Waals surface area contributed by atoms with Crippen LogP contribution in [-0.2, 0) is 0 Å². The minimum absolute atomic E-state index is 0.146. The first-order valence-electron chi connectivity index (χ1n) is 5.71. The Morgan fingerprint density at radius 3 is 2.39 bits per heavy atom. The third-order valence-corrected chi connectivity index (χ3v) is 2.79. The van der Waals surface area contributed by atoms with Crippen molar-refractivity contribution in [1.82, 2.24) is 19.9 Å². The highest BCUT2D eigenvalue weighted by Gasteiger charge is 2.14. The van der Waals surface area contributed by atoms with Crippen molar-refractivity contribution in [2.75, 3.05) is 14.1 Å². The van der Waals surface area contributed by atoms with Gasteiger partial charge in [-0.25, -0.2) is 4.68 Å². The molecule has 1 heterocycles. The lowest BCUT2D eigenvalue weighted by Gasteiger charge is -2.08. The van der Waals surface area contributed by atoms with E-state index in [1.807, 2.05) is 32.0 Å². The van der Waals surface area contributed by atoms with Gasteiger partial charge >= 0.3 is 0 Å². The fraction of sp³-hybridized carbons (Fsp3) is 0.308.